The Morgan fingerprint density at radius 3 is 2.68 bits per heavy atom. The van der Waals surface area contributed by atoms with Crippen LogP contribution in [0.2, 0.25) is 0 Å². The lowest BCUT2D eigenvalue weighted by atomic mass is 10.2. The molecule has 19 heavy (non-hydrogen) atoms. The van der Waals surface area contributed by atoms with Crippen molar-refractivity contribution in [1.29, 1.82) is 0 Å². The lowest BCUT2D eigenvalue weighted by Crippen LogP contribution is -2.05. The number of benzene rings is 1. The van der Waals surface area contributed by atoms with Gasteiger partial charge in [0.2, 0.25) is 0 Å². The highest BCUT2D eigenvalue weighted by Crippen LogP contribution is 2.25. The van der Waals surface area contributed by atoms with Crippen molar-refractivity contribution in [1.82, 2.24) is 0 Å². The largest absolute Gasteiger partial charge is 0.478 e. The predicted octanol–water partition coefficient (Wildman–Crippen LogP) is 4.44. The first-order valence-corrected chi connectivity index (χ1v) is 7.41. The maximum absolute atomic E-state index is 11.1. The van der Waals surface area contributed by atoms with Gasteiger partial charge in [-0.05, 0) is 43.7 Å². The summed E-state index contributed by atoms with van der Waals surface area (Å²) in [7, 11) is 0. The molecule has 2 N–H and O–H groups in total. The Labute approximate surface area is 124 Å². The van der Waals surface area contributed by atoms with Gasteiger partial charge >= 0.3 is 5.97 Å². The molecule has 0 aliphatic heterocycles. The molecule has 100 valence electrons. The van der Waals surface area contributed by atoms with Gasteiger partial charge in [0.25, 0.3) is 0 Å². The molecule has 0 bridgehead atoms. The molecule has 0 fully saturated rings. The number of aromatic carboxylic acids is 1. The van der Waals surface area contributed by atoms with E-state index in [9.17, 15) is 4.79 Å². The Morgan fingerprint density at radius 2 is 2.11 bits per heavy atom. The summed E-state index contributed by atoms with van der Waals surface area (Å²) in [4.78, 5) is 13.6. The fraction of sp³-hybridized carbons (Fsp3) is 0.214. The molecule has 2 rings (SSSR count). The molecule has 2 aromatic rings. The number of aryl methyl sites for hydroxylation is 2. The summed E-state index contributed by atoms with van der Waals surface area (Å²) in [5, 5.41) is 12.3. The molecule has 0 radical (unpaired) electrons. The minimum atomic E-state index is -0.923. The van der Waals surface area contributed by atoms with E-state index < -0.39 is 5.97 Å². The van der Waals surface area contributed by atoms with Crippen molar-refractivity contribution in [2.75, 3.05) is 5.32 Å². The summed E-state index contributed by atoms with van der Waals surface area (Å²) in [6, 6.07) is 7.25. The first-order chi connectivity index (χ1) is 8.97. The molecular weight excluding hydrogens is 326 g/mol. The SMILES string of the molecule is Cc1cc(CNc2cc(Br)ccc2C(=O)O)sc1C. The third-order valence-corrected chi connectivity index (χ3v) is 4.53. The van der Waals surface area contributed by atoms with Gasteiger partial charge in [-0.3, -0.25) is 0 Å². The number of carboxylic acids is 1. The molecule has 0 atom stereocenters. The highest BCUT2D eigenvalue weighted by molar-refractivity contribution is 9.10. The number of hydrogen-bond acceptors (Lipinski definition) is 3. The lowest BCUT2D eigenvalue weighted by molar-refractivity contribution is 0.0698. The van der Waals surface area contributed by atoms with Gasteiger partial charge in [0.05, 0.1) is 11.3 Å². The number of carbonyl (C=O) groups is 1. The van der Waals surface area contributed by atoms with Gasteiger partial charge in [0, 0.05) is 20.8 Å². The molecule has 0 saturated heterocycles. The fourth-order valence-electron chi connectivity index (χ4n) is 1.77. The van der Waals surface area contributed by atoms with E-state index >= 15 is 0 Å². The van der Waals surface area contributed by atoms with Gasteiger partial charge in [0.1, 0.15) is 0 Å². The Morgan fingerprint density at radius 1 is 1.37 bits per heavy atom. The average Bonchev–Trinajstić information content (AvgIpc) is 2.66. The summed E-state index contributed by atoms with van der Waals surface area (Å²) in [5.74, 6) is -0.923. The minimum Gasteiger partial charge on any atom is -0.478 e. The van der Waals surface area contributed by atoms with E-state index in [0.717, 1.165) is 4.47 Å². The molecule has 3 nitrogen and oxygen atoms in total. The molecule has 1 aromatic carbocycles. The molecule has 5 heteroatoms. The minimum absolute atomic E-state index is 0.285. The zero-order chi connectivity index (χ0) is 14.0. The molecule has 0 spiro atoms. The molecule has 0 saturated carbocycles. The molecule has 0 amide bonds. The van der Waals surface area contributed by atoms with E-state index in [-0.39, 0.29) is 5.56 Å². The number of thiophene rings is 1. The van der Waals surface area contributed by atoms with Crippen molar-refractivity contribution in [2.45, 2.75) is 20.4 Å². The van der Waals surface area contributed by atoms with E-state index in [0.29, 0.717) is 12.2 Å². The summed E-state index contributed by atoms with van der Waals surface area (Å²) < 4.78 is 0.860. The van der Waals surface area contributed by atoms with Gasteiger partial charge in [-0.15, -0.1) is 11.3 Å². The van der Waals surface area contributed by atoms with E-state index in [2.05, 4.69) is 41.2 Å². The predicted molar refractivity (Wildman–Crippen MR) is 82.2 cm³/mol. The number of rotatable bonds is 4. The third-order valence-electron chi connectivity index (χ3n) is 2.88. The van der Waals surface area contributed by atoms with Crippen LogP contribution in [0.1, 0.15) is 25.7 Å². The maximum Gasteiger partial charge on any atom is 0.337 e. The highest BCUT2D eigenvalue weighted by Gasteiger charge is 2.10. The van der Waals surface area contributed by atoms with E-state index in [4.69, 9.17) is 5.11 Å². The van der Waals surface area contributed by atoms with Crippen molar-refractivity contribution in [3.05, 3.63) is 49.6 Å². The molecule has 1 heterocycles. The lowest BCUT2D eigenvalue weighted by Gasteiger charge is -2.09. The summed E-state index contributed by atoms with van der Waals surface area (Å²) in [5.41, 5.74) is 2.19. The van der Waals surface area contributed by atoms with Gasteiger partial charge < -0.3 is 10.4 Å². The van der Waals surface area contributed by atoms with Crippen LogP contribution in [0.25, 0.3) is 0 Å². The van der Waals surface area contributed by atoms with Crippen LogP contribution < -0.4 is 5.32 Å². The number of anilines is 1. The van der Waals surface area contributed by atoms with Crippen LogP contribution in [0.4, 0.5) is 5.69 Å². The van der Waals surface area contributed by atoms with Crippen LogP contribution in [0, 0.1) is 13.8 Å². The molecule has 0 unspecified atom stereocenters. The van der Waals surface area contributed by atoms with Crippen molar-refractivity contribution in [3.63, 3.8) is 0 Å². The van der Waals surface area contributed by atoms with E-state index in [1.165, 1.54) is 15.3 Å². The number of halogens is 1. The van der Waals surface area contributed by atoms with Crippen LogP contribution >= 0.6 is 27.3 Å². The molecule has 0 aliphatic carbocycles. The van der Waals surface area contributed by atoms with Crippen LogP contribution in [0.15, 0.2) is 28.7 Å². The van der Waals surface area contributed by atoms with Crippen LogP contribution in [0.3, 0.4) is 0 Å². The smallest absolute Gasteiger partial charge is 0.337 e. The molecule has 0 aliphatic rings. The second kappa shape index (κ2) is 5.75. The number of hydrogen-bond donors (Lipinski definition) is 2. The van der Waals surface area contributed by atoms with E-state index in [1.54, 1.807) is 29.5 Å². The zero-order valence-corrected chi connectivity index (χ0v) is 13.1. The van der Waals surface area contributed by atoms with Crippen LogP contribution in [-0.4, -0.2) is 11.1 Å². The van der Waals surface area contributed by atoms with Crippen molar-refractivity contribution in [2.24, 2.45) is 0 Å². The van der Waals surface area contributed by atoms with Crippen molar-refractivity contribution >= 4 is 38.9 Å². The monoisotopic (exact) mass is 339 g/mol. The number of nitrogens with one attached hydrogen (secondary N) is 1. The zero-order valence-electron chi connectivity index (χ0n) is 10.7. The summed E-state index contributed by atoms with van der Waals surface area (Å²) in [6.45, 7) is 4.80. The second-order valence-electron chi connectivity index (χ2n) is 4.30. The quantitative estimate of drug-likeness (QED) is 0.865. The Balaban J connectivity index is 2.19. The average molecular weight is 340 g/mol. The van der Waals surface area contributed by atoms with Crippen molar-refractivity contribution in [3.8, 4) is 0 Å². The van der Waals surface area contributed by atoms with Gasteiger partial charge in [-0.2, -0.15) is 0 Å². The van der Waals surface area contributed by atoms with Gasteiger partial charge in [-0.25, -0.2) is 4.79 Å². The normalized spacial score (nSPS) is 10.5. The first kappa shape index (κ1) is 14.1. The Hall–Kier alpha value is -1.33. The molecular formula is C14H14BrNO2S. The Bertz CT molecular complexity index is 602. The maximum atomic E-state index is 11.1. The standard InChI is InChI=1S/C14H14BrNO2S/c1-8-5-11(19-9(8)2)7-16-13-6-10(15)3-4-12(13)14(17)18/h3-6,16H,7H2,1-2H3,(H,17,18). The molecule has 1 aromatic heterocycles. The summed E-state index contributed by atoms with van der Waals surface area (Å²) in [6.07, 6.45) is 0. The van der Waals surface area contributed by atoms with Crippen LogP contribution in [-0.2, 0) is 6.54 Å². The van der Waals surface area contributed by atoms with Gasteiger partial charge in [0.15, 0.2) is 0 Å². The first-order valence-electron chi connectivity index (χ1n) is 5.80. The number of carboxylic acid groups (broad SMARTS) is 1. The fourth-order valence-corrected chi connectivity index (χ4v) is 3.12. The highest BCUT2D eigenvalue weighted by atomic mass is 79.9. The van der Waals surface area contributed by atoms with E-state index in [1.807, 2.05) is 0 Å². The van der Waals surface area contributed by atoms with Crippen molar-refractivity contribution < 1.29 is 9.90 Å². The van der Waals surface area contributed by atoms with Gasteiger partial charge in [-0.1, -0.05) is 15.9 Å². The third kappa shape index (κ3) is 3.36. The topological polar surface area (TPSA) is 49.3 Å². The Kier molecular flexibility index (Phi) is 4.27. The summed E-state index contributed by atoms with van der Waals surface area (Å²) >= 11 is 5.09. The van der Waals surface area contributed by atoms with Crippen LogP contribution in [0.5, 0.6) is 0 Å². The second-order valence-corrected chi connectivity index (χ2v) is 6.56.